The van der Waals surface area contributed by atoms with Gasteiger partial charge in [0.05, 0.1) is 0 Å². The van der Waals surface area contributed by atoms with Gasteiger partial charge in [0, 0.05) is 19.4 Å². The van der Waals surface area contributed by atoms with E-state index in [4.69, 9.17) is 6.42 Å². The second kappa shape index (κ2) is 6.07. The Kier molecular flexibility index (Phi) is 4.69. The third-order valence-corrected chi connectivity index (χ3v) is 2.36. The molecule has 1 aliphatic heterocycles. The standard InChI is InChI=1S/C11H16N2O2/c1-2-3-4-5-8-12-11(15)9-6-7-10(14)13-9/h1,9H,3-8H2,(H,12,15)(H,13,14)/t9-/m1/s1. The number of hydrogen-bond donors (Lipinski definition) is 2. The summed E-state index contributed by atoms with van der Waals surface area (Å²) < 4.78 is 0. The minimum atomic E-state index is -0.329. The minimum absolute atomic E-state index is 0.0394. The van der Waals surface area contributed by atoms with E-state index in [0.29, 0.717) is 19.4 Å². The van der Waals surface area contributed by atoms with E-state index in [1.807, 2.05) is 0 Å². The zero-order valence-corrected chi connectivity index (χ0v) is 8.71. The zero-order chi connectivity index (χ0) is 11.1. The Hall–Kier alpha value is -1.50. The third-order valence-electron chi connectivity index (χ3n) is 2.36. The van der Waals surface area contributed by atoms with Gasteiger partial charge in [-0.05, 0) is 19.3 Å². The first kappa shape index (κ1) is 11.6. The summed E-state index contributed by atoms with van der Waals surface area (Å²) in [6, 6.07) is -0.329. The maximum atomic E-state index is 11.5. The van der Waals surface area contributed by atoms with E-state index in [-0.39, 0.29) is 17.9 Å². The van der Waals surface area contributed by atoms with Crippen molar-refractivity contribution in [1.29, 1.82) is 0 Å². The van der Waals surface area contributed by atoms with Gasteiger partial charge in [0.15, 0.2) is 0 Å². The van der Waals surface area contributed by atoms with Gasteiger partial charge >= 0.3 is 0 Å². The number of carbonyl (C=O) groups is 2. The van der Waals surface area contributed by atoms with Crippen molar-refractivity contribution in [2.45, 2.75) is 38.1 Å². The SMILES string of the molecule is C#CCCCCNC(=O)[C@H]1CCC(=O)N1. The highest BCUT2D eigenvalue weighted by molar-refractivity contribution is 5.90. The summed E-state index contributed by atoms with van der Waals surface area (Å²) in [5, 5.41) is 5.40. The van der Waals surface area contributed by atoms with Crippen LogP contribution in [0.3, 0.4) is 0 Å². The normalized spacial score (nSPS) is 19.4. The van der Waals surface area contributed by atoms with Crippen LogP contribution < -0.4 is 10.6 Å². The molecule has 0 spiro atoms. The highest BCUT2D eigenvalue weighted by atomic mass is 16.2. The van der Waals surface area contributed by atoms with Gasteiger partial charge in [0.1, 0.15) is 6.04 Å². The summed E-state index contributed by atoms with van der Waals surface area (Å²) in [6.45, 7) is 0.632. The third kappa shape index (κ3) is 4.03. The van der Waals surface area contributed by atoms with Crippen molar-refractivity contribution in [2.24, 2.45) is 0 Å². The van der Waals surface area contributed by atoms with E-state index in [2.05, 4.69) is 16.6 Å². The minimum Gasteiger partial charge on any atom is -0.354 e. The lowest BCUT2D eigenvalue weighted by Gasteiger charge is -2.10. The Morgan fingerprint density at radius 2 is 2.40 bits per heavy atom. The van der Waals surface area contributed by atoms with Gasteiger partial charge in [-0.1, -0.05) is 0 Å². The molecule has 1 fully saturated rings. The molecule has 1 heterocycles. The number of unbranched alkanes of at least 4 members (excludes halogenated alkanes) is 2. The molecule has 0 aliphatic carbocycles. The van der Waals surface area contributed by atoms with E-state index in [0.717, 1.165) is 19.3 Å². The lowest BCUT2D eigenvalue weighted by atomic mass is 10.2. The summed E-state index contributed by atoms with van der Waals surface area (Å²) in [4.78, 5) is 22.3. The molecule has 4 heteroatoms. The maximum absolute atomic E-state index is 11.5. The van der Waals surface area contributed by atoms with Gasteiger partial charge in [0.25, 0.3) is 0 Å². The fraction of sp³-hybridized carbons (Fsp3) is 0.636. The second-order valence-corrected chi connectivity index (χ2v) is 3.61. The predicted octanol–water partition coefficient (Wildman–Crippen LogP) is 0.185. The van der Waals surface area contributed by atoms with Gasteiger partial charge in [-0.2, -0.15) is 0 Å². The van der Waals surface area contributed by atoms with Crippen LogP contribution in [0.2, 0.25) is 0 Å². The topological polar surface area (TPSA) is 58.2 Å². The molecule has 15 heavy (non-hydrogen) atoms. The molecule has 0 saturated carbocycles. The molecule has 0 unspecified atom stereocenters. The lowest BCUT2D eigenvalue weighted by Crippen LogP contribution is -2.41. The van der Waals surface area contributed by atoms with Crippen LogP contribution >= 0.6 is 0 Å². The van der Waals surface area contributed by atoms with Crippen molar-refractivity contribution >= 4 is 11.8 Å². The number of nitrogens with one attached hydrogen (secondary N) is 2. The van der Waals surface area contributed by atoms with Crippen LogP contribution in [0.4, 0.5) is 0 Å². The summed E-state index contributed by atoms with van der Waals surface area (Å²) in [5.41, 5.74) is 0. The summed E-state index contributed by atoms with van der Waals surface area (Å²) in [6.07, 6.45) is 8.72. The van der Waals surface area contributed by atoms with Crippen LogP contribution in [0, 0.1) is 12.3 Å². The van der Waals surface area contributed by atoms with Crippen LogP contribution in [0.1, 0.15) is 32.1 Å². The van der Waals surface area contributed by atoms with Crippen molar-refractivity contribution in [1.82, 2.24) is 10.6 Å². The number of hydrogen-bond acceptors (Lipinski definition) is 2. The predicted molar refractivity (Wildman–Crippen MR) is 56.9 cm³/mol. The Morgan fingerprint density at radius 3 is 3.00 bits per heavy atom. The Bertz CT molecular complexity index is 281. The van der Waals surface area contributed by atoms with E-state index in [1.54, 1.807) is 0 Å². The molecule has 0 radical (unpaired) electrons. The highest BCUT2D eigenvalue weighted by Crippen LogP contribution is 2.06. The first-order chi connectivity index (χ1) is 7.24. The average molecular weight is 208 g/mol. The average Bonchev–Trinajstić information content (AvgIpc) is 2.64. The van der Waals surface area contributed by atoms with Gasteiger partial charge < -0.3 is 10.6 Å². The van der Waals surface area contributed by atoms with Crippen LogP contribution in [-0.2, 0) is 9.59 Å². The van der Waals surface area contributed by atoms with Crippen molar-refractivity contribution in [3.8, 4) is 12.3 Å². The van der Waals surface area contributed by atoms with Gasteiger partial charge in [-0.15, -0.1) is 12.3 Å². The molecule has 0 aromatic carbocycles. The molecule has 82 valence electrons. The Balaban J connectivity index is 2.09. The van der Waals surface area contributed by atoms with Crippen molar-refractivity contribution in [3.05, 3.63) is 0 Å². The highest BCUT2D eigenvalue weighted by Gasteiger charge is 2.26. The second-order valence-electron chi connectivity index (χ2n) is 3.61. The molecule has 4 nitrogen and oxygen atoms in total. The largest absolute Gasteiger partial charge is 0.354 e. The van der Waals surface area contributed by atoms with E-state index < -0.39 is 0 Å². The molecule has 0 aromatic rings. The molecule has 0 aromatic heterocycles. The lowest BCUT2D eigenvalue weighted by molar-refractivity contribution is -0.125. The first-order valence-corrected chi connectivity index (χ1v) is 5.24. The van der Waals surface area contributed by atoms with E-state index >= 15 is 0 Å². The number of amides is 2. The molecule has 1 aliphatic rings. The van der Waals surface area contributed by atoms with Crippen LogP contribution in [0.25, 0.3) is 0 Å². The van der Waals surface area contributed by atoms with E-state index in [1.165, 1.54) is 0 Å². The molecule has 1 saturated heterocycles. The Labute approximate surface area is 89.8 Å². The summed E-state index contributed by atoms with van der Waals surface area (Å²) in [7, 11) is 0. The maximum Gasteiger partial charge on any atom is 0.242 e. The molecular formula is C11H16N2O2. The van der Waals surface area contributed by atoms with E-state index in [9.17, 15) is 9.59 Å². The summed E-state index contributed by atoms with van der Waals surface area (Å²) in [5.74, 6) is 2.43. The zero-order valence-electron chi connectivity index (χ0n) is 8.71. The number of rotatable bonds is 5. The van der Waals surface area contributed by atoms with Gasteiger partial charge in [0.2, 0.25) is 11.8 Å². The fourth-order valence-corrected chi connectivity index (χ4v) is 1.50. The molecule has 1 atom stereocenters. The monoisotopic (exact) mass is 208 g/mol. The molecule has 2 amide bonds. The van der Waals surface area contributed by atoms with Crippen LogP contribution in [0.5, 0.6) is 0 Å². The molecule has 2 N–H and O–H groups in total. The number of carbonyl (C=O) groups excluding carboxylic acids is 2. The van der Waals surface area contributed by atoms with Crippen molar-refractivity contribution < 1.29 is 9.59 Å². The fourth-order valence-electron chi connectivity index (χ4n) is 1.50. The number of terminal acetylenes is 1. The van der Waals surface area contributed by atoms with Crippen molar-refractivity contribution in [3.63, 3.8) is 0 Å². The molecule has 0 bridgehead atoms. The smallest absolute Gasteiger partial charge is 0.242 e. The first-order valence-electron chi connectivity index (χ1n) is 5.24. The molecular weight excluding hydrogens is 192 g/mol. The Morgan fingerprint density at radius 1 is 1.60 bits per heavy atom. The van der Waals surface area contributed by atoms with Crippen molar-refractivity contribution in [2.75, 3.05) is 6.54 Å². The van der Waals surface area contributed by atoms with Crippen LogP contribution in [-0.4, -0.2) is 24.4 Å². The van der Waals surface area contributed by atoms with Gasteiger partial charge in [-0.25, -0.2) is 0 Å². The summed E-state index contributed by atoms with van der Waals surface area (Å²) >= 11 is 0. The molecule has 1 rings (SSSR count). The van der Waals surface area contributed by atoms with Crippen LogP contribution in [0.15, 0.2) is 0 Å². The quantitative estimate of drug-likeness (QED) is 0.500. The van der Waals surface area contributed by atoms with Gasteiger partial charge in [-0.3, -0.25) is 9.59 Å².